The lowest BCUT2D eigenvalue weighted by Gasteiger charge is -2.25. The number of hydrogen-bond acceptors (Lipinski definition) is 3. The van der Waals surface area contributed by atoms with E-state index in [4.69, 9.17) is 10.5 Å². The first kappa shape index (κ1) is 13.7. The molecule has 0 fully saturated rings. The monoisotopic (exact) mass is 259 g/mol. The lowest BCUT2D eigenvalue weighted by Crippen LogP contribution is -2.28. The highest BCUT2D eigenvalue weighted by Crippen LogP contribution is 2.35. The van der Waals surface area contributed by atoms with Gasteiger partial charge < -0.3 is 10.5 Å². The summed E-state index contributed by atoms with van der Waals surface area (Å²) in [7, 11) is 1.73. The van der Waals surface area contributed by atoms with Gasteiger partial charge in [-0.2, -0.15) is 0 Å². The fourth-order valence-electron chi connectivity index (χ4n) is 2.22. The van der Waals surface area contributed by atoms with E-state index in [0.717, 1.165) is 25.0 Å². The Kier molecular flexibility index (Phi) is 4.96. The molecule has 1 unspecified atom stereocenters. The summed E-state index contributed by atoms with van der Waals surface area (Å²) in [5, 5.41) is 0. The molecule has 2 nitrogen and oxygen atoms in total. The van der Waals surface area contributed by atoms with Crippen molar-refractivity contribution >= 4 is 24.2 Å². The van der Waals surface area contributed by atoms with Crippen molar-refractivity contribution in [2.45, 2.75) is 30.2 Å². The largest absolute Gasteiger partial charge is 0.496 e. The molecule has 90 valence electrons. The number of benzene rings is 1. The molecule has 2 rings (SSSR count). The third kappa shape index (κ3) is 2.47. The van der Waals surface area contributed by atoms with E-state index in [1.165, 1.54) is 16.0 Å². The predicted molar refractivity (Wildman–Crippen MR) is 72.0 cm³/mol. The van der Waals surface area contributed by atoms with Gasteiger partial charge in [-0.1, -0.05) is 0 Å². The molecular formula is C12H18ClNOS. The lowest BCUT2D eigenvalue weighted by molar-refractivity contribution is 0.402. The van der Waals surface area contributed by atoms with Crippen molar-refractivity contribution in [1.82, 2.24) is 0 Å². The SMILES string of the molecule is COc1ccc(SC)c2c1CC(N)CC2.Cl. The topological polar surface area (TPSA) is 35.2 Å². The van der Waals surface area contributed by atoms with Crippen LogP contribution < -0.4 is 10.5 Å². The summed E-state index contributed by atoms with van der Waals surface area (Å²) in [5.41, 5.74) is 8.77. The maximum Gasteiger partial charge on any atom is 0.122 e. The quantitative estimate of drug-likeness (QED) is 0.830. The average molecular weight is 260 g/mol. The Labute approximate surface area is 107 Å². The predicted octanol–water partition coefficient (Wildman–Crippen LogP) is 2.65. The van der Waals surface area contributed by atoms with E-state index in [-0.39, 0.29) is 12.4 Å². The number of nitrogens with two attached hydrogens (primary N) is 1. The number of methoxy groups -OCH3 is 1. The number of thioether (sulfide) groups is 1. The molecule has 1 atom stereocenters. The Bertz CT molecular complexity index is 370. The molecule has 1 aromatic carbocycles. The van der Waals surface area contributed by atoms with Crippen LogP contribution in [0, 0.1) is 0 Å². The summed E-state index contributed by atoms with van der Waals surface area (Å²) in [5.74, 6) is 0.998. The van der Waals surface area contributed by atoms with Gasteiger partial charge in [0, 0.05) is 10.9 Å². The maximum atomic E-state index is 6.00. The molecule has 0 aromatic heterocycles. The minimum atomic E-state index is 0. The zero-order valence-corrected chi connectivity index (χ0v) is 11.3. The van der Waals surface area contributed by atoms with Crippen molar-refractivity contribution in [3.8, 4) is 5.75 Å². The Morgan fingerprint density at radius 3 is 2.75 bits per heavy atom. The molecule has 0 heterocycles. The molecule has 2 N–H and O–H groups in total. The molecule has 0 bridgehead atoms. The van der Waals surface area contributed by atoms with E-state index in [0.29, 0.717) is 6.04 Å². The van der Waals surface area contributed by atoms with Crippen molar-refractivity contribution < 1.29 is 4.74 Å². The van der Waals surface area contributed by atoms with Crippen LogP contribution in [0.4, 0.5) is 0 Å². The minimum absolute atomic E-state index is 0. The van der Waals surface area contributed by atoms with E-state index in [2.05, 4.69) is 18.4 Å². The van der Waals surface area contributed by atoms with Gasteiger partial charge in [0.05, 0.1) is 7.11 Å². The van der Waals surface area contributed by atoms with Crippen LogP contribution in [0.1, 0.15) is 17.5 Å². The summed E-state index contributed by atoms with van der Waals surface area (Å²) in [6.07, 6.45) is 5.25. The first-order chi connectivity index (χ1) is 7.26. The molecule has 1 aromatic rings. The van der Waals surface area contributed by atoms with Crippen LogP contribution >= 0.6 is 24.2 Å². The Morgan fingerprint density at radius 2 is 2.12 bits per heavy atom. The van der Waals surface area contributed by atoms with E-state index < -0.39 is 0 Å². The number of ether oxygens (including phenoxy) is 1. The van der Waals surface area contributed by atoms with E-state index in [1.807, 2.05) is 11.8 Å². The highest BCUT2D eigenvalue weighted by molar-refractivity contribution is 7.98. The highest BCUT2D eigenvalue weighted by Gasteiger charge is 2.21. The lowest BCUT2D eigenvalue weighted by atomic mass is 9.88. The van der Waals surface area contributed by atoms with Gasteiger partial charge in [0.15, 0.2) is 0 Å². The average Bonchev–Trinajstić information content (AvgIpc) is 2.27. The number of rotatable bonds is 2. The Balaban J connectivity index is 0.00000128. The van der Waals surface area contributed by atoms with E-state index >= 15 is 0 Å². The van der Waals surface area contributed by atoms with Crippen LogP contribution in [0.5, 0.6) is 5.75 Å². The third-order valence-electron chi connectivity index (χ3n) is 3.02. The molecule has 0 spiro atoms. The summed E-state index contributed by atoms with van der Waals surface area (Å²) in [6, 6.07) is 4.51. The van der Waals surface area contributed by atoms with E-state index in [1.54, 1.807) is 7.11 Å². The van der Waals surface area contributed by atoms with Crippen LogP contribution in [0.3, 0.4) is 0 Å². The van der Waals surface area contributed by atoms with Gasteiger partial charge in [0.25, 0.3) is 0 Å². The van der Waals surface area contributed by atoms with Crippen molar-refractivity contribution in [3.05, 3.63) is 23.3 Å². The van der Waals surface area contributed by atoms with Crippen molar-refractivity contribution in [3.63, 3.8) is 0 Å². The minimum Gasteiger partial charge on any atom is -0.496 e. The molecule has 4 heteroatoms. The first-order valence-electron chi connectivity index (χ1n) is 5.24. The van der Waals surface area contributed by atoms with Gasteiger partial charge >= 0.3 is 0 Å². The fourth-order valence-corrected chi connectivity index (χ4v) is 2.90. The molecule has 1 aliphatic rings. The standard InChI is InChI=1S/C12H17NOS.ClH/c1-14-11-5-6-12(15-2)9-4-3-8(13)7-10(9)11;/h5-6,8H,3-4,7,13H2,1-2H3;1H. The first-order valence-corrected chi connectivity index (χ1v) is 6.47. The second kappa shape index (κ2) is 5.80. The Hall–Kier alpha value is -0.380. The molecule has 1 aliphatic carbocycles. The molecular weight excluding hydrogens is 242 g/mol. The number of fused-ring (bicyclic) bond motifs is 1. The van der Waals surface area contributed by atoms with Crippen LogP contribution in [0.2, 0.25) is 0 Å². The molecule has 0 saturated carbocycles. The molecule has 0 aliphatic heterocycles. The van der Waals surface area contributed by atoms with Crippen LogP contribution in [0.25, 0.3) is 0 Å². The van der Waals surface area contributed by atoms with Gasteiger partial charge in [-0.3, -0.25) is 0 Å². The third-order valence-corrected chi connectivity index (χ3v) is 3.84. The highest BCUT2D eigenvalue weighted by atomic mass is 35.5. The van der Waals surface area contributed by atoms with Gasteiger partial charge in [0.1, 0.15) is 5.75 Å². The van der Waals surface area contributed by atoms with Gasteiger partial charge in [0.2, 0.25) is 0 Å². The maximum absolute atomic E-state index is 6.00. The van der Waals surface area contributed by atoms with Crippen molar-refractivity contribution in [2.24, 2.45) is 5.73 Å². The fraction of sp³-hybridized carbons (Fsp3) is 0.500. The summed E-state index contributed by atoms with van der Waals surface area (Å²) < 4.78 is 5.40. The second-order valence-corrected chi connectivity index (χ2v) is 4.78. The van der Waals surface area contributed by atoms with Crippen molar-refractivity contribution in [1.29, 1.82) is 0 Å². The summed E-state index contributed by atoms with van der Waals surface area (Å²) >= 11 is 1.81. The molecule has 0 amide bonds. The van der Waals surface area contributed by atoms with Crippen LogP contribution in [-0.4, -0.2) is 19.4 Å². The van der Waals surface area contributed by atoms with Gasteiger partial charge in [-0.25, -0.2) is 0 Å². The number of halogens is 1. The van der Waals surface area contributed by atoms with Crippen LogP contribution in [-0.2, 0) is 12.8 Å². The smallest absolute Gasteiger partial charge is 0.122 e. The van der Waals surface area contributed by atoms with Crippen LogP contribution in [0.15, 0.2) is 17.0 Å². The molecule has 0 saturated heterocycles. The van der Waals surface area contributed by atoms with Crippen molar-refractivity contribution in [2.75, 3.05) is 13.4 Å². The molecule has 0 radical (unpaired) electrons. The van der Waals surface area contributed by atoms with Gasteiger partial charge in [-0.15, -0.1) is 24.2 Å². The summed E-state index contributed by atoms with van der Waals surface area (Å²) in [4.78, 5) is 1.37. The second-order valence-electron chi connectivity index (χ2n) is 3.93. The van der Waals surface area contributed by atoms with Gasteiger partial charge in [-0.05, 0) is 48.8 Å². The zero-order chi connectivity index (χ0) is 10.8. The molecule has 16 heavy (non-hydrogen) atoms. The van der Waals surface area contributed by atoms with E-state index in [9.17, 15) is 0 Å². The summed E-state index contributed by atoms with van der Waals surface area (Å²) in [6.45, 7) is 0. The normalized spacial score (nSPS) is 18.6. The number of hydrogen-bond donors (Lipinski definition) is 1. The zero-order valence-electron chi connectivity index (χ0n) is 9.66. The Morgan fingerprint density at radius 1 is 1.38 bits per heavy atom.